The molecule has 1 aromatic heterocycles. The smallest absolute Gasteiger partial charge is 0.0904 e. The van der Waals surface area contributed by atoms with Gasteiger partial charge in [-0.15, -0.1) is 0 Å². The second-order valence-corrected chi connectivity index (χ2v) is 7.71. The van der Waals surface area contributed by atoms with Crippen LogP contribution < -0.4 is 9.80 Å². The topological polar surface area (TPSA) is 11.4 Å². The third-order valence-corrected chi connectivity index (χ3v) is 5.77. The van der Waals surface area contributed by atoms with Gasteiger partial charge in [-0.2, -0.15) is 0 Å². The second-order valence-electron chi connectivity index (χ2n) is 7.71. The number of anilines is 2. The molecule has 0 saturated heterocycles. The molecule has 2 aliphatic rings. The maximum atomic E-state index is 2.48. The molecule has 0 spiro atoms. The average Bonchev–Trinajstić information content (AvgIpc) is 3.17. The van der Waals surface area contributed by atoms with Gasteiger partial charge in [0.05, 0.1) is 29.2 Å². The summed E-state index contributed by atoms with van der Waals surface area (Å²) in [5, 5.41) is 1.39. The lowest BCUT2D eigenvalue weighted by atomic mass is 10.0. The summed E-state index contributed by atoms with van der Waals surface area (Å²) in [6.45, 7) is 5.48. The fraction of sp³-hybridized carbons (Fsp3) is 0.304. The second kappa shape index (κ2) is 5.66. The Morgan fingerprint density at radius 2 is 1.77 bits per heavy atom. The van der Waals surface area contributed by atoms with Gasteiger partial charge in [0.25, 0.3) is 0 Å². The Labute approximate surface area is 155 Å². The Hall–Kier alpha value is -2.68. The van der Waals surface area contributed by atoms with Crippen LogP contribution in [0.15, 0.2) is 48.5 Å². The van der Waals surface area contributed by atoms with Crippen LogP contribution in [0.4, 0.5) is 11.4 Å². The van der Waals surface area contributed by atoms with Crippen molar-refractivity contribution in [1.29, 1.82) is 0 Å². The maximum Gasteiger partial charge on any atom is 0.0904 e. The molecule has 3 heteroatoms. The molecule has 5 rings (SSSR count). The summed E-state index contributed by atoms with van der Waals surface area (Å²) in [6.07, 6.45) is 6.88. The zero-order chi connectivity index (χ0) is 17.8. The van der Waals surface area contributed by atoms with Crippen LogP contribution >= 0.6 is 0 Å². The van der Waals surface area contributed by atoms with Crippen LogP contribution in [-0.2, 0) is 6.42 Å². The summed E-state index contributed by atoms with van der Waals surface area (Å²) < 4.78 is 2.47. The molecule has 0 N–H and O–H groups in total. The zero-order valence-electron chi connectivity index (χ0n) is 15.7. The Morgan fingerprint density at radius 1 is 0.962 bits per heavy atom. The van der Waals surface area contributed by atoms with E-state index in [1.54, 1.807) is 0 Å². The number of fused-ring (bicyclic) bond motifs is 4. The Kier molecular flexibility index (Phi) is 3.39. The van der Waals surface area contributed by atoms with Gasteiger partial charge in [0.2, 0.25) is 0 Å². The Balaban J connectivity index is 1.83. The third kappa shape index (κ3) is 2.06. The number of hydrogen-bond donors (Lipinski definition) is 0. The number of aromatic nitrogens is 1. The van der Waals surface area contributed by atoms with Gasteiger partial charge in [-0.1, -0.05) is 30.3 Å². The Morgan fingerprint density at radius 3 is 2.62 bits per heavy atom. The van der Waals surface area contributed by atoms with Gasteiger partial charge in [0.15, 0.2) is 0 Å². The largest absolute Gasteiger partial charge is 0.354 e. The number of para-hydroxylation sites is 2. The lowest BCUT2D eigenvalue weighted by Gasteiger charge is -2.23. The molecule has 2 aromatic carbocycles. The van der Waals surface area contributed by atoms with Crippen molar-refractivity contribution in [3.05, 3.63) is 59.8 Å². The molecule has 26 heavy (non-hydrogen) atoms. The minimum Gasteiger partial charge on any atom is -0.354 e. The standard InChI is InChI=1S/C23H25N3/c1-16(2)25-15-24(3)23-21(25)13-8-14-22(23)26-19-11-6-4-9-17(19)18-10-5-7-12-20(18)26/h4,6-9,11-14,16H,5,10,15H2,1-3H3. The molecule has 0 atom stereocenters. The van der Waals surface area contributed by atoms with Crippen molar-refractivity contribution in [2.75, 3.05) is 23.5 Å². The van der Waals surface area contributed by atoms with Crippen LogP contribution in [0.25, 0.3) is 22.7 Å². The molecular formula is C23H25N3. The first kappa shape index (κ1) is 15.6. The summed E-state index contributed by atoms with van der Waals surface area (Å²) >= 11 is 0. The normalized spacial score (nSPS) is 15.8. The van der Waals surface area contributed by atoms with E-state index in [9.17, 15) is 0 Å². The number of aryl methyl sites for hydroxylation is 1. The highest BCUT2D eigenvalue weighted by molar-refractivity contribution is 5.94. The molecule has 0 unspecified atom stereocenters. The van der Waals surface area contributed by atoms with E-state index in [0.29, 0.717) is 6.04 Å². The summed E-state index contributed by atoms with van der Waals surface area (Å²) in [4.78, 5) is 4.87. The molecular weight excluding hydrogens is 318 g/mol. The van der Waals surface area contributed by atoms with Crippen LogP contribution in [-0.4, -0.2) is 24.3 Å². The van der Waals surface area contributed by atoms with Crippen molar-refractivity contribution in [2.45, 2.75) is 32.7 Å². The van der Waals surface area contributed by atoms with Crippen LogP contribution in [0.2, 0.25) is 0 Å². The predicted octanol–water partition coefficient (Wildman–Crippen LogP) is 5.21. The number of rotatable bonds is 2. The van der Waals surface area contributed by atoms with E-state index in [1.807, 2.05) is 0 Å². The molecule has 0 fully saturated rings. The number of nitrogens with zero attached hydrogens (tertiary/aromatic N) is 3. The summed E-state index contributed by atoms with van der Waals surface area (Å²) in [6, 6.07) is 16.1. The van der Waals surface area contributed by atoms with E-state index in [1.165, 1.54) is 39.2 Å². The predicted molar refractivity (Wildman–Crippen MR) is 112 cm³/mol. The molecule has 1 aliphatic heterocycles. The molecule has 132 valence electrons. The number of allylic oxidation sites excluding steroid dienone is 1. The first-order valence-corrected chi connectivity index (χ1v) is 9.57. The van der Waals surface area contributed by atoms with Crippen molar-refractivity contribution in [3.63, 3.8) is 0 Å². The SMILES string of the molecule is CC(C)N1CN(C)c2c1cccc2-n1c2c(c3ccccc31)CCC=C2. The van der Waals surface area contributed by atoms with E-state index in [0.717, 1.165) is 19.5 Å². The highest BCUT2D eigenvalue weighted by Gasteiger charge is 2.29. The van der Waals surface area contributed by atoms with Crippen LogP contribution in [0.1, 0.15) is 31.5 Å². The van der Waals surface area contributed by atoms with Gasteiger partial charge in [-0.25, -0.2) is 0 Å². The van der Waals surface area contributed by atoms with Crippen LogP contribution in [0, 0.1) is 0 Å². The van der Waals surface area contributed by atoms with Gasteiger partial charge < -0.3 is 14.4 Å². The molecule has 1 aliphatic carbocycles. The van der Waals surface area contributed by atoms with Crippen molar-refractivity contribution in [3.8, 4) is 5.69 Å². The minimum atomic E-state index is 0.490. The lowest BCUT2D eigenvalue weighted by molar-refractivity contribution is 0.702. The molecule has 0 bridgehead atoms. The quantitative estimate of drug-likeness (QED) is 0.632. The molecule has 0 radical (unpaired) electrons. The van der Waals surface area contributed by atoms with E-state index in [2.05, 4.69) is 89.9 Å². The zero-order valence-corrected chi connectivity index (χ0v) is 15.7. The van der Waals surface area contributed by atoms with Crippen molar-refractivity contribution in [1.82, 2.24) is 4.57 Å². The molecule has 2 heterocycles. The van der Waals surface area contributed by atoms with Crippen molar-refractivity contribution >= 4 is 28.4 Å². The number of hydrogen-bond acceptors (Lipinski definition) is 2. The summed E-state index contributed by atoms with van der Waals surface area (Å²) in [5.41, 5.74) is 8.12. The fourth-order valence-electron chi connectivity index (χ4n) is 4.59. The summed E-state index contributed by atoms with van der Waals surface area (Å²) in [5.74, 6) is 0. The van der Waals surface area contributed by atoms with Crippen molar-refractivity contribution < 1.29 is 0 Å². The van der Waals surface area contributed by atoms with Gasteiger partial charge in [-0.05, 0) is 56.5 Å². The average molecular weight is 343 g/mol. The van der Waals surface area contributed by atoms with E-state index in [4.69, 9.17) is 0 Å². The third-order valence-electron chi connectivity index (χ3n) is 5.77. The van der Waals surface area contributed by atoms with E-state index < -0.39 is 0 Å². The highest BCUT2D eigenvalue weighted by Crippen LogP contribution is 2.44. The van der Waals surface area contributed by atoms with Crippen LogP contribution in [0.5, 0.6) is 0 Å². The highest BCUT2D eigenvalue weighted by atomic mass is 15.4. The first-order chi connectivity index (χ1) is 12.7. The fourth-order valence-corrected chi connectivity index (χ4v) is 4.59. The molecule has 3 aromatic rings. The van der Waals surface area contributed by atoms with E-state index >= 15 is 0 Å². The van der Waals surface area contributed by atoms with E-state index in [-0.39, 0.29) is 0 Å². The first-order valence-electron chi connectivity index (χ1n) is 9.57. The molecule has 0 saturated carbocycles. The number of benzene rings is 2. The molecule has 0 amide bonds. The van der Waals surface area contributed by atoms with Gasteiger partial charge >= 0.3 is 0 Å². The maximum absolute atomic E-state index is 2.48. The lowest BCUT2D eigenvalue weighted by Crippen LogP contribution is -2.33. The van der Waals surface area contributed by atoms with Crippen LogP contribution in [0.3, 0.4) is 0 Å². The van der Waals surface area contributed by atoms with Gasteiger partial charge in [0.1, 0.15) is 0 Å². The monoisotopic (exact) mass is 343 g/mol. The minimum absolute atomic E-state index is 0.490. The van der Waals surface area contributed by atoms with Gasteiger partial charge in [-0.3, -0.25) is 0 Å². The van der Waals surface area contributed by atoms with Crippen molar-refractivity contribution in [2.24, 2.45) is 0 Å². The molecule has 3 nitrogen and oxygen atoms in total. The summed E-state index contributed by atoms with van der Waals surface area (Å²) in [7, 11) is 2.21. The Bertz CT molecular complexity index is 1030. The van der Waals surface area contributed by atoms with Gasteiger partial charge in [0, 0.05) is 24.2 Å².